The number of carbonyl (C=O) groups excluding carboxylic acids is 2. The number of carbonyl (C=O) groups is 3. The van der Waals surface area contributed by atoms with Crippen LogP contribution in [0.5, 0.6) is 34.5 Å². The lowest BCUT2D eigenvalue weighted by Gasteiger charge is -2.18. The van der Waals surface area contributed by atoms with Crippen molar-refractivity contribution in [2.24, 2.45) is 0 Å². The number of phenols is 3. The van der Waals surface area contributed by atoms with Gasteiger partial charge in [0.1, 0.15) is 51.2 Å². The van der Waals surface area contributed by atoms with E-state index in [1.165, 1.54) is 53.0 Å². The van der Waals surface area contributed by atoms with E-state index in [-0.39, 0.29) is 56.4 Å². The van der Waals surface area contributed by atoms with Crippen molar-refractivity contribution in [3.63, 3.8) is 0 Å². The lowest BCUT2D eigenvalue weighted by molar-refractivity contribution is 0.0689. The molecule has 3 aromatic rings. The smallest absolute Gasteiger partial charge is 0.347 e. The van der Waals surface area contributed by atoms with Crippen LogP contribution in [0.15, 0.2) is 18.2 Å². The zero-order valence-corrected chi connectivity index (χ0v) is 22.0. The number of rotatable bonds is 6. The van der Waals surface area contributed by atoms with Crippen molar-refractivity contribution in [2.45, 2.75) is 41.5 Å². The molecule has 10 nitrogen and oxygen atoms in total. The number of benzene rings is 3. The van der Waals surface area contributed by atoms with Crippen molar-refractivity contribution in [2.75, 3.05) is 7.11 Å². The summed E-state index contributed by atoms with van der Waals surface area (Å²) in [4.78, 5) is 37.6. The third kappa shape index (κ3) is 4.80. The molecule has 0 aliphatic carbocycles. The van der Waals surface area contributed by atoms with E-state index in [1.54, 1.807) is 13.8 Å². The fourth-order valence-electron chi connectivity index (χ4n) is 4.06. The van der Waals surface area contributed by atoms with Crippen LogP contribution in [-0.4, -0.2) is 45.4 Å². The van der Waals surface area contributed by atoms with E-state index in [0.29, 0.717) is 16.7 Å². The van der Waals surface area contributed by atoms with Gasteiger partial charge in [-0.1, -0.05) is 0 Å². The number of carboxylic acid groups (broad SMARTS) is 1. The number of carboxylic acids is 1. The highest BCUT2D eigenvalue weighted by molar-refractivity contribution is 5.99. The third-order valence-electron chi connectivity index (χ3n) is 6.49. The quantitative estimate of drug-likeness (QED) is 0.260. The van der Waals surface area contributed by atoms with Crippen molar-refractivity contribution < 1.29 is 49.0 Å². The number of aryl methyl sites for hydroxylation is 2. The van der Waals surface area contributed by atoms with Crippen LogP contribution in [0.1, 0.15) is 64.5 Å². The number of aromatic carboxylic acids is 1. The minimum atomic E-state index is -1.31. The van der Waals surface area contributed by atoms with Crippen molar-refractivity contribution in [3.05, 3.63) is 68.3 Å². The Morgan fingerprint density at radius 3 is 1.66 bits per heavy atom. The molecule has 200 valence electrons. The van der Waals surface area contributed by atoms with Gasteiger partial charge in [-0.15, -0.1) is 0 Å². The predicted octanol–water partition coefficient (Wildman–Crippen LogP) is 4.80. The topological polar surface area (TPSA) is 160 Å². The van der Waals surface area contributed by atoms with Gasteiger partial charge in [0.25, 0.3) is 0 Å². The Labute approximate surface area is 218 Å². The molecule has 0 aliphatic heterocycles. The monoisotopic (exact) mass is 524 g/mol. The fraction of sp³-hybridized carbons (Fsp3) is 0.250. The van der Waals surface area contributed by atoms with E-state index in [2.05, 4.69) is 0 Å². The van der Waals surface area contributed by atoms with Gasteiger partial charge in [-0.3, -0.25) is 0 Å². The lowest BCUT2D eigenvalue weighted by atomic mass is 10.00. The van der Waals surface area contributed by atoms with Gasteiger partial charge in [0.05, 0.1) is 7.11 Å². The Balaban J connectivity index is 2.01. The first kappa shape index (κ1) is 27.9. The largest absolute Gasteiger partial charge is 0.508 e. The SMILES string of the molecule is COc1cc(OC(=O)c2c(C)cc(O)c(C)c2O)c(C)c(C)c1C(=O)Oc1cc(C)c(C(=O)O)c(O)c1C. The van der Waals surface area contributed by atoms with Gasteiger partial charge in [-0.25, -0.2) is 14.4 Å². The first-order valence-electron chi connectivity index (χ1n) is 11.4. The van der Waals surface area contributed by atoms with Crippen LogP contribution in [0, 0.1) is 41.5 Å². The molecule has 0 heterocycles. The van der Waals surface area contributed by atoms with Gasteiger partial charge >= 0.3 is 17.9 Å². The number of aromatic hydroxyl groups is 3. The van der Waals surface area contributed by atoms with Gasteiger partial charge in [0, 0.05) is 17.2 Å². The second kappa shape index (κ2) is 10.3. The maximum Gasteiger partial charge on any atom is 0.347 e. The van der Waals surface area contributed by atoms with E-state index in [0.717, 1.165) is 0 Å². The number of hydrogen-bond acceptors (Lipinski definition) is 9. The summed E-state index contributed by atoms with van der Waals surface area (Å²) in [5, 5.41) is 39.9. The summed E-state index contributed by atoms with van der Waals surface area (Å²) in [6, 6.07) is 4.02. The second-order valence-electron chi connectivity index (χ2n) is 8.89. The molecule has 0 atom stereocenters. The first-order valence-corrected chi connectivity index (χ1v) is 11.4. The highest BCUT2D eigenvalue weighted by Crippen LogP contribution is 2.38. The normalized spacial score (nSPS) is 10.7. The molecule has 0 bridgehead atoms. The minimum absolute atomic E-state index is 0.0294. The van der Waals surface area contributed by atoms with Crippen molar-refractivity contribution in [1.29, 1.82) is 0 Å². The Kier molecular flexibility index (Phi) is 7.57. The molecule has 0 unspecified atom stereocenters. The van der Waals surface area contributed by atoms with Gasteiger partial charge in [-0.2, -0.15) is 0 Å². The summed E-state index contributed by atoms with van der Waals surface area (Å²) in [7, 11) is 1.31. The number of phenolic OH excluding ortho intramolecular Hbond substituents is 2. The third-order valence-corrected chi connectivity index (χ3v) is 6.49. The van der Waals surface area contributed by atoms with Crippen LogP contribution in [0.3, 0.4) is 0 Å². The Bertz CT molecular complexity index is 1500. The van der Waals surface area contributed by atoms with Crippen LogP contribution in [-0.2, 0) is 0 Å². The summed E-state index contributed by atoms with van der Waals surface area (Å²) in [6.45, 7) is 9.10. The second-order valence-corrected chi connectivity index (χ2v) is 8.89. The van der Waals surface area contributed by atoms with Crippen molar-refractivity contribution in [1.82, 2.24) is 0 Å². The molecule has 3 aromatic carbocycles. The summed E-state index contributed by atoms with van der Waals surface area (Å²) < 4.78 is 16.4. The van der Waals surface area contributed by atoms with Crippen LogP contribution in [0.2, 0.25) is 0 Å². The standard InChI is InChI=1S/C28H28O10/c1-11-8-17(29)15(5)24(30)22(11)27(34)38-19-10-20(36-7)23(14(4)13(19)3)28(35)37-18-9-12(2)21(26(32)33)25(31)16(18)6/h8-10,29-31H,1-7H3,(H,32,33). The molecule has 4 N–H and O–H groups in total. The van der Waals surface area contributed by atoms with E-state index in [1.807, 2.05) is 0 Å². The first-order chi connectivity index (χ1) is 17.7. The maximum atomic E-state index is 13.2. The van der Waals surface area contributed by atoms with Crippen LogP contribution in [0.4, 0.5) is 0 Å². The molecule has 0 spiro atoms. The molecule has 3 rings (SSSR count). The summed E-state index contributed by atoms with van der Waals surface area (Å²) in [5.41, 5.74) is 1.12. The minimum Gasteiger partial charge on any atom is -0.508 e. The van der Waals surface area contributed by atoms with Crippen LogP contribution < -0.4 is 14.2 Å². The van der Waals surface area contributed by atoms with E-state index in [4.69, 9.17) is 14.2 Å². The van der Waals surface area contributed by atoms with Crippen molar-refractivity contribution >= 4 is 17.9 Å². The van der Waals surface area contributed by atoms with Gasteiger partial charge in [-0.05, 0) is 75.9 Å². The van der Waals surface area contributed by atoms with E-state index < -0.39 is 29.4 Å². The lowest BCUT2D eigenvalue weighted by Crippen LogP contribution is -2.16. The average Bonchev–Trinajstić information content (AvgIpc) is 2.83. The molecular weight excluding hydrogens is 496 g/mol. The highest BCUT2D eigenvalue weighted by atomic mass is 16.5. The van der Waals surface area contributed by atoms with Crippen LogP contribution >= 0.6 is 0 Å². The molecule has 10 heteroatoms. The molecule has 0 saturated heterocycles. The van der Waals surface area contributed by atoms with Gasteiger partial charge < -0.3 is 34.6 Å². The molecule has 0 saturated carbocycles. The maximum absolute atomic E-state index is 13.2. The summed E-state index contributed by atoms with van der Waals surface area (Å²) in [6.07, 6.45) is 0. The zero-order valence-electron chi connectivity index (χ0n) is 22.0. The number of methoxy groups -OCH3 is 1. The van der Waals surface area contributed by atoms with Gasteiger partial charge in [0.2, 0.25) is 0 Å². The fourth-order valence-corrected chi connectivity index (χ4v) is 4.06. The highest BCUT2D eigenvalue weighted by Gasteiger charge is 2.27. The van der Waals surface area contributed by atoms with Gasteiger partial charge in [0.15, 0.2) is 0 Å². The average molecular weight is 525 g/mol. The summed E-state index contributed by atoms with van der Waals surface area (Å²) in [5.74, 6) is -4.03. The van der Waals surface area contributed by atoms with E-state index in [9.17, 15) is 34.8 Å². The molecule has 0 aliphatic rings. The molecule has 0 aromatic heterocycles. The molecule has 0 radical (unpaired) electrons. The Morgan fingerprint density at radius 1 is 0.605 bits per heavy atom. The van der Waals surface area contributed by atoms with Crippen molar-refractivity contribution in [3.8, 4) is 34.5 Å². The molecule has 0 amide bonds. The summed E-state index contributed by atoms with van der Waals surface area (Å²) >= 11 is 0. The zero-order chi connectivity index (χ0) is 28.6. The number of hydrogen-bond donors (Lipinski definition) is 4. The predicted molar refractivity (Wildman–Crippen MR) is 136 cm³/mol. The molecule has 38 heavy (non-hydrogen) atoms. The Morgan fingerprint density at radius 2 is 1.11 bits per heavy atom. The number of ether oxygens (including phenoxy) is 3. The Hall–Kier alpha value is -4.73. The van der Waals surface area contributed by atoms with E-state index >= 15 is 0 Å². The molecule has 0 fully saturated rings. The number of esters is 2. The molecular formula is C28H28O10. The van der Waals surface area contributed by atoms with Crippen LogP contribution in [0.25, 0.3) is 0 Å².